The van der Waals surface area contributed by atoms with E-state index in [1.54, 1.807) is 44.2 Å². The van der Waals surface area contributed by atoms with E-state index in [-0.39, 0.29) is 48.3 Å². The molecule has 2 aromatic carbocycles. The number of carbonyl (C=O) groups is 2. The number of hydrogen-bond acceptors (Lipinski definition) is 7. The zero-order valence-electron chi connectivity index (χ0n) is 21.2. The molecule has 0 aromatic heterocycles. The fraction of sp³-hybridized carbons (Fsp3) is 0.481. The summed E-state index contributed by atoms with van der Waals surface area (Å²) in [5.41, 5.74) is 0.170. The largest absolute Gasteiger partial charge is 0.462 e. The van der Waals surface area contributed by atoms with Gasteiger partial charge in [0.15, 0.2) is 0 Å². The summed E-state index contributed by atoms with van der Waals surface area (Å²) in [5.74, 6) is -1.34. The van der Waals surface area contributed by atoms with Gasteiger partial charge in [-0.2, -0.15) is 0 Å². The lowest BCUT2D eigenvalue weighted by Crippen LogP contribution is -2.37. The molecule has 1 aliphatic rings. The van der Waals surface area contributed by atoms with Crippen molar-refractivity contribution in [1.82, 2.24) is 0 Å². The first-order valence-corrected chi connectivity index (χ1v) is 13.8. The second-order valence-electron chi connectivity index (χ2n) is 8.56. The molecule has 0 N–H and O–H groups in total. The highest BCUT2D eigenvalue weighted by Crippen LogP contribution is 2.56. The zero-order chi connectivity index (χ0) is 25.6. The van der Waals surface area contributed by atoms with Gasteiger partial charge in [-0.25, -0.2) is 9.59 Å². The van der Waals surface area contributed by atoms with Crippen LogP contribution in [-0.4, -0.2) is 38.4 Å². The first-order chi connectivity index (χ1) is 16.8. The van der Waals surface area contributed by atoms with Crippen LogP contribution in [0, 0.1) is 5.41 Å². The van der Waals surface area contributed by atoms with E-state index in [1.807, 2.05) is 13.0 Å². The van der Waals surface area contributed by atoms with Crippen molar-refractivity contribution in [3.05, 3.63) is 47.0 Å². The van der Waals surface area contributed by atoms with Crippen molar-refractivity contribution >= 4 is 41.7 Å². The van der Waals surface area contributed by atoms with E-state index < -0.39 is 19.5 Å². The predicted molar refractivity (Wildman–Crippen MR) is 137 cm³/mol. The molecular weight excluding hydrogens is 467 g/mol. The highest BCUT2D eigenvalue weighted by molar-refractivity contribution is 7.63. The number of rotatable bonds is 9. The third-order valence-corrected chi connectivity index (χ3v) is 8.53. The molecule has 0 unspecified atom stereocenters. The van der Waals surface area contributed by atoms with Gasteiger partial charge in [0.05, 0.1) is 42.9 Å². The van der Waals surface area contributed by atoms with Crippen LogP contribution in [0.3, 0.4) is 0 Å². The van der Waals surface area contributed by atoms with E-state index in [0.29, 0.717) is 22.8 Å². The van der Waals surface area contributed by atoms with Gasteiger partial charge in [0.25, 0.3) is 0 Å². The standard InChI is InChI=1S/C27H35O7P/c1-6-11-14-21-23(26(29)32-10-5)22(25(28)31-9-4)19-15-12-13-16-20(19)24(21)35(30)33-17-27(7-2,8-3)18-34-35/h11-16H,6-10,17-18H2,1-5H3/b14-11+. The molecule has 8 heteroatoms. The molecule has 0 saturated carbocycles. The van der Waals surface area contributed by atoms with Gasteiger partial charge in [-0.15, -0.1) is 0 Å². The van der Waals surface area contributed by atoms with Gasteiger partial charge in [-0.1, -0.05) is 57.2 Å². The maximum absolute atomic E-state index is 14.3. The minimum atomic E-state index is -3.86. The molecule has 1 fully saturated rings. The molecule has 0 aliphatic carbocycles. The molecule has 3 rings (SSSR count). The van der Waals surface area contributed by atoms with Crippen LogP contribution in [0.15, 0.2) is 30.3 Å². The smallest absolute Gasteiger partial charge is 0.362 e. The van der Waals surface area contributed by atoms with Crippen molar-refractivity contribution in [2.24, 2.45) is 5.41 Å². The van der Waals surface area contributed by atoms with Gasteiger partial charge < -0.3 is 18.5 Å². The summed E-state index contributed by atoms with van der Waals surface area (Å²) in [6.45, 7) is 10.3. The molecule has 0 atom stereocenters. The van der Waals surface area contributed by atoms with E-state index >= 15 is 0 Å². The minimum Gasteiger partial charge on any atom is -0.462 e. The van der Waals surface area contributed by atoms with Gasteiger partial charge in [0.1, 0.15) is 0 Å². The Morgan fingerprint density at radius 3 is 1.97 bits per heavy atom. The quantitative estimate of drug-likeness (QED) is 0.294. The lowest BCUT2D eigenvalue weighted by atomic mass is 9.84. The third-order valence-electron chi connectivity index (χ3n) is 6.56. The fourth-order valence-corrected chi connectivity index (χ4v) is 6.47. The van der Waals surface area contributed by atoms with Crippen LogP contribution in [0.1, 0.15) is 80.2 Å². The topological polar surface area (TPSA) is 88.1 Å². The van der Waals surface area contributed by atoms with Crippen LogP contribution < -0.4 is 5.30 Å². The van der Waals surface area contributed by atoms with Gasteiger partial charge >= 0.3 is 19.5 Å². The predicted octanol–water partition coefficient (Wildman–Crippen LogP) is 6.29. The molecule has 0 radical (unpaired) electrons. The minimum absolute atomic E-state index is 0.00828. The Hall–Kier alpha value is -2.47. The van der Waals surface area contributed by atoms with Crippen molar-refractivity contribution in [1.29, 1.82) is 0 Å². The Kier molecular flexibility index (Phi) is 8.92. The first kappa shape index (κ1) is 27.1. The summed E-state index contributed by atoms with van der Waals surface area (Å²) in [6.07, 6.45) is 5.84. The number of hydrogen-bond donors (Lipinski definition) is 0. The van der Waals surface area contributed by atoms with E-state index in [9.17, 15) is 14.2 Å². The SMILES string of the molecule is CC/C=C/c1c(C(=O)OCC)c(C(=O)OCC)c2ccccc2c1P1(=O)OCC(CC)(CC)CO1. The van der Waals surface area contributed by atoms with Crippen LogP contribution >= 0.6 is 7.60 Å². The Balaban J connectivity index is 2.42. The molecule has 7 nitrogen and oxygen atoms in total. The molecule has 0 bridgehead atoms. The summed E-state index contributed by atoms with van der Waals surface area (Å²) in [4.78, 5) is 26.5. The average Bonchev–Trinajstić information content (AvgIpc) is 2.87. The van der Waals surface area contributed by atoms with E-state index in [0.717, 1.165) is 12.8 Å². The lowest BCUT2D eigenvalue weighted by molar-refractivity contribution is 0.0158. The molecule has 1 aliphatic heterocycles. The average molecular weight is 503 g/mol. The summed E-state index contributed by atoms with van der Waals surface area (Å²) < 4.78 is 37.1. The maximum Gasteiger partial charge on any atom is 0.362 e. The molecule has 2 aromatic rings. The summed E-state index contributed by atoms with van der Waals surface area (Å²) >= 11 is 0. The van der Waals surface area contributed by atoms with Crippen molar-refractivity contribution < 1.29 is 32.7 Å². The number of fused-ring (bicyclic) bond motifs is 1. The van der Waals surface area contributed by atoms with Gasteiger partial charge in [-0.05, 0) is 43.9 Å². The Morgan fingerprint density at radius 1 is 0.914 bits per heavy atom. The van der Waals surface area contributed by atoms with Gasteiger partial charge in [-0.3, -0.25) is 4.57 Å². The van der Waals surface area contributed by atoms with Crippen LogP contribution in [0.4, 0.5) is 0 Å². The second-order valence-corrected chi connectivity index (χ2v) is 10.5. The van der Waals surface area contributed by atoms with E-state index in [2.05, 4.69) is 13.8 Å². The summed E-state index contributed by atoms with van der Waals surface area (Å²) in [7, 11) is -3.86. The number of esters is 2. The van der Waals surface area contributed by atoms with E-state index in [1.165, 1.54) is 0 Å². The second kappa shape index (κ2) is 11.5. The van der Waals surface area contributed by atoms with Crippen LogP contribution in [0.2, 0.25) is 0 Å². The third kappa shape index (κ3) is 5.23. The lowest BCUT2D eigenvalue weighted by Gasteiger charge is -2.39. The van der Waals surface area contributed by atoms with Crippen LogP contribution in [0.25, 0.3) is 16.8 Å². The van der Waals surface area contributed by atoms with Crippen molar-refractivity contribution in [3.8, 4) is 0 Å². The van der Waals surface area contributed by atoms with Crippen molar-refractivity contribution in [3.63, 3.8) is 0 Å². The van der Waals surface area contributed by atoms with Gasteiger partial charge in [0, 0.05) is 11.0 Å². The highest BCUT2D eigenvalue weighted by Gasteiger charge is 2.44. The molecular formula is C27H35O7P. The number of allylic oxidation sites excluding steroid dienone is 1. The summed E-state index contributed by atoms with van der Waals surface area (Å²) in [5, 5.41) is 1.22. The molecule has 190 valence electrons. The van der Waals surface area contributed by atoms with Crippen molar-refractivity contribution in [2.75, 3.05) is 26.4 Å². The fourth-order valence-electron chi connectivity index (χ4n) is 4.27. The van der Waals surface area contributed by atoms with Crippen LogP contribution in [0.5, 0.6) is 0 Å². The highest BCUT2D eigenvalue weighted by atomic mass is 31.2. The van der Waals surface area contributed by atoms with Gasteiger partial charge in [0.2, 0.25) is 0 Å². The Bertz CT molecular complexity index is 1150. The first-order valence-electron chi connectivity index (χ1n) is 12.3. The molecule has 1 saturated heterocycles. The monoisotopic (exact) mass is 502 g/mol. The summed E-state index contributed by atoms with van der Waals surface area (Å²) in [6, 6.07) is 7.01. The molecule has 1 heterocycles. The number of ether oxygens (including phenoxy) is 2. The van der Waals surface area contributed by atoms with E-state index in [4.69, 9.17) is 18.5 Å². The zero-order valence-corrected chi connectivity index (χ0v) is 22.1. The molecule has 35 heavy (non-hydrogen) atoms. The normalized spacial score (nSPS) is 16.9. The Morgan fingerprint density at radius 2 is 1.46 bits per heavy atom. The molecule has 0 spiro atoms. The molecule has 0 amide bonds. The van der Waals surface area contributed by atoms with Crippen LogP contribution in [-0.2, 0) is 23.1 Å². The number of benzene rings is 2. The van der Waals surface area contributed by atoms with Crippen molar-refractivity contribution in [2.45, 2.75) is 53.9 Å². The Labute approximate surface area is 207 Å². The number of carbonyl (C=O) groups excluding carboxylic acids is 2. The maximum atomic E-state index is 14.3.